The van der Waals surface area contributed by atoms with Crippen LogP contribution in [-0.4, -0.2) is 16.5 Å². The van der Waals surface area contributed by atoms with Gasteiger partial charge in [0.15, 0.2) is 11.6 Å². The van der Waals surface area contributed by atoms with Gasteiger partial charge in [-0.3, -0.25) is 19.7 Å². The third-order valence-electron chi connectivity index (χ3n) is 6.68. The normalized spacial score (nSPS) is 18.6. The summed E-state index contributed by atoms with van der Waals surface area (Å²) < 4.78 is 6.37. The number of ketones is 2. The molecule has 7 heteroatoms. The van der Waals surface area contributed by atoms with E-state index in [1.807, 2.05) is 50.2 Å². The molecular formula is C30H26N2O5. The Kier molecular flexibility index (Phi) is 6.21. The lowest BCUT2D eigenvalue weighted by Gasteiger charge is -2.39. The van der Waals surface area contributed by atoms with Crippen molar-refractivity contribution in [1.29, 1.82) is 0 Å². The minimum Gasteiger partial charge on any atom is -0.444 e. The lowest BCUT2D eigenvalue weighted by atomic mass is 9.69. The molecule has 37 heavy (non-hydrogen) atoms. The third kappa shape index (κ3) is 4.80. The summed E-state index contributed by atoms with van der Waals surface area (Å²) in [7, 11) is 0. The molecule has 186 valence electrons. The summed E-state index contributed by atoms with van der Waals surface area (Å²) in [5, 5.41) is 14.6. The van der Waals surface area contributed by atoms with E-state index in [1.165, 1.54) is 12.1 Å². The minimum atomic E-state index is -0.743. The standard InChI is InChI=1S/C30H26N2O5/c1-30(2)17-23(33)26-24(18-30)37-29(31-21-11-7-4-8-12-21)27(28(34)20-9-5-3-6-10-20)25(26)19-13-15-22(16-14-19)32(35)36/h3-16,25,31H,17-18H2,1-2H3. The fourth-order valence-electron chi connectivity index (χ4n) is 4.99. The second kappa shape index (κ2) is 9.50. The van der Waals surface area contributed by atoms with Crippen molar-refractivity contribution in [3.63, 3.8) is 0 Å². The molecule has 0 saturated heterocycles. The number of nitrogens with zero attached hydrogens (tertiary/aromatic N) is 1. The zero-order chi connectivity index (χ0) is 26.2. The molecule has 3 aromatic rings. The Morgan fingerprint density at radius 2 is 1.57 bits per heavy atom. The summed E-state index contributed by atoms with van der Waals surface area (Å²) in [5.74, 6) is -0.342. The molecule has 5 rings (SSSR count). The van der Waals surface area contributed by atoms with E-state index in [1.54, 1.807) is 36.4 Å². The van der Waals surface area contributed by atoms with E-state index in [0.717, 1.165) is 5.69 Å². The zero-order valence-electron chi connectivity index (χ0n) is 20.6. The van der Waals surface area contributed by atoms with Crippen LogP contribution in [0.5, 0.6) is 0 Å². The molecule has 1 N–H and O–H groups in total. The Morgan fingerprint density at radius 3 is 2.19 bits per heavy atom. The van der Waals surface area contributed by atoms with Crippen molar-refractivity contribution < 1.29 is 19.2 Å². The molecule has 1 heterocycles. The lowest BCUT2D eigenvalue weighted by Crippen LogP contribution is -2.35. The first-order chi connectivity index (χ1) is 17.7. The van der Waals surface area contributed by atoms with Crippen molar-refractivity contribution in [3.05, 3.63) is 129 Å². The van der Waals surface area contributed by atoms with Crippen LogP contribution < -0.4 is 5.32 Å². The highest BCUT2D eigenvalue weighted by Crippen LogP contribution is 2.49. The zero-order valence-corrected chi connectivity index (χ0v) is 20.6. The Balaban J connectivity index is 1.73. The highest BCUT2D eigenvalue weighted by atomic mass is 16.6. The van der Waals surface area contributed by atoms with Crippen molar-refractivity contribution in [2.24, 2.45) is 5.41 Å². The number of carbonyl (C=O) groups excluding carboxylic acids is 2. The maximum Gasteiger partial charge on any atom is 0.269 e. The van der Waals surface area contributed by atoms with Crippen LogP contribution in [0.1, 0.15) is 48.5 Å². The van der Waals surface area contributed by atoms with Crippen molar-refractivity contribution >= 4 is 22.9 Å². The highest BCUT2D eigenvalue weighted by molar-refractivity contribution is 6.13. The van der Waals surface area contributed by atoms with Gasteiger partial charge in [-0.25, -0.2) is 0 Å². The molecule has 1 unspecified atom stereocenters. The average molecular weight is 495 g/mol. The first-order valence-electron chi connectivity index (χ1n) is 12.1. The van der Waals surface area contributed by atoms with Crippen molar-refractivity contribution in [2.75, 3.05) is 5.32 Å². The topological polar surface area (TPSA) is 98.5 Å². The molecule has 0 bridgehead atoms. The largest absolute Gasteiger partial charge is 0.444 e. The Bertz CT molecular complexity index is 1440. The molecule has 0 fully saturated rings. The van der Waals surface area contributed by atoms with Crippen LogP contribution in [0, 0.1) is 15.5 Å². The number of benzene rings is 3. The quantitative estimate of drug-likeness (QED) is 0.237. The number of nitro groups is 1. The SMILES string of the molecule is CC1(C)CC(=O)C2=C(C1)OC(Nc1ccccc1)=C(C(=O)c1ccccc1)C2c1ccc([N+](=O)[O-])cc1. The van der Waals surface area contributed by atoms with Gasteiger partial charge in [0.1, 0.15) is 5.76 Å². The molecule has 1 atom stereocenters. The smallest absolute Gasteiger partial charge is 0.269 e. The number of hydrogen-bond donors (Lipinski definition) is 1. The molecular weight excluding hydrogens is 468 g/mol. The molecule has 0 spiro atoms. The number of Topliss-reactive ketones (excluding diaryl/α,β-unsaturated/α-hetero) is 2. The Labute approximate surface area is 214 Å². The van der Waals surface area contributed by atoms with Crippen LogP contribution >= 0.6 is 0 Å². The minimum absolute atomic E-state index is 0.0660. The predicted octanol–water partition coefficient (Wildman–Crippen LogP) is 6.56. The van der Waals surface area contributed by atoms with Gasteiger partial charge in [-0.15, -0.1) is 0 Å². The van der Waals surface area contributed by atoms with E-state index < -0.39 is 10.8 Å². The van der Waals surface area contributed by atoms with E-state index in [0.29, 0.717) is 35.3 Å². The third-order valence-corrected chi connectivity index (χ3v) is 6.68. The summed E-state index contributed by atoms with van der Waals surface area (Å²) in [6, 6.07) is 24.2. The van der Waals surface area contributed by atoms with Crippen LogP contribution in [0.2, 0.25) is 0 Å². The van der Waals surface area contributed by atoms with E-state index in [-0.39, 0.29) is 34.1 Å². The summed E-state index contributed by atoms with van der Waals surface area (Å²) in [5.41, 5.74) is 2.14. The summed E-state index contributed by atoms with van der Waals surface area (Å²) in [6.07, 6.45) is 0.831. The van der Waals surface area contributed by atoms with E-state index >= 15 is 0 Å². The van der Waals surface area contributed by atoms with Gasteiger partial charge in [0.25, 0.3) is 5.69 Å². The van der Waals surface area contributed by atoms with Gasteiger partial charge in [-0.2, -0.15) is 0 Å². The number of rotatable bonds is 6. The van der Waals surface area contributed by atoms with E-state index in [9.17, 15) is 19.7 Å². The van der Waals surface area contributed by atoms with Gasteiger partial charge in [0.2, 0.25) is 5.88 Å². The van der Waals surface area contributed by atoms with Crippen LogP contribution in [0.25, 0.3) is 0 Å². The number of carbonyl (C=O) groups is 2. The van der Waals surface area contributed by atoms with Crippen LogP contribution in [0.3, 0.4) is 0 Å². The van der Waals surface area contributed by atoms with E-state index in [2.05, 4.69) is 5.32 Å². The van der Waals surface area contributed by atoms with Gasteiger partial charge in [-0.05, 0) is 23.1 Å². The fraction of sp³-hybridized carbons (Fsp3) is 0.200. The number of non-ortho nitro benzene ring substituents is 1. The molecule has 2 aliphatic rings. The van der Waals surface area contributed by atoms with Gasteiger partial charge in [-0.1, -0.05) is 74.5 Å². The van der Waals surface area contributed by atoms with Crippen LogP contribution in [0.15, 0.2) is 108 Å². The molecule has 1 aliphatic carbocycles. The Morgan fingerprint density at radius 1 is 0.946 bits per heavy atom. The maximum absolute atomic E-state index is 14.0. The first-order valence-corrected chi connectivity index (χ1v) is 12.1. The summed E-state index contributed by atoms with van der Waals surface area (Å²) in [4.78, 5) is 38.5. The van der Waals surface area contributed by atoms with Gasteiger partial charge in [0.05, 0.1) is 16.4 Å². The number of ether oxygens (including phenoxy) is 1. The number of nitro benzene ring substituents is 1. The summed E-state index contributed by atoms with van der Waals surface area (Å²) in [6.45, 7) is 4.02. The van der Waals surface area contributed by atoms with E-state index in [4.69, 9.17) is 4.74 Å². The fourth-order valence-corrected chi connectivity index (χ4v) is 4.99. The van der Waals surface area contributed by atoms with Crippen molar-refractivity contribution in [2.45, 2.75) is 32.6 Å². The molecule has 0 saturated carbocycles. The van der Waals surface area contributed by atoms with Crippen molar-refractivity contribution in [3.8, 4) is 0 Å². The van der Waals surface area contributed by atoms with Gasteiger partial charge < -0.3 is 10.1 Å². The van der Waals surface area contributed by atoms with Gasteiger partial charge in [0, 0.05) is 41.8 Å². The number of hydrogen-bond acceptors (Lipinski definition) is 6. The van der Waals surface area contributed by atoms with Gasteiger partial charge >= 0.3 is 0 Å². The number of allylic oxidation sites excluding steroid dienone is 3. The predicted molar refractivity (Wildman–Crippen MR) is 140 cm³/mol. The molecule has 7 nitrogen and oxygen atoms in total. The maximum atomic E-state index is 14.0. The number of nitrogens with one attached hydrogen (secondary N) is 1. The van der Waals surface area contributed by atoms with Crippen LogP contribution in [0.4, 0.5) is 11.4 Å². The van der Waals surface area contributed by atoms with Crippen LogP contribution in [-0.2, 0) is 9.53 Å². The first kappa shape index (κ1) is 24.2. The molecule has 0 amide bonds. The monoisotopic (exact) mass is 494 g/mol. The number of anilines is 1. The number of para-hydroxylation sites is 1. The highest BCUT2D eigenvalue weighted by Gasteiger charge is 2.45. The van der Waals surface area contributed by atoms with Crippen molar-refractivity contribution in [1.82, 2.24) is 0 Å². The molecule has 1 aliphatic heterocycles. The molecule has 3 aromatic carbocycles. The lowest BCUT2D eigenvalue weighted by molar-refractivity contribution is -0.384. The second-order valence-electron chi connectivity index (χ2n) is 10.1. The summed E-state index contributed by atoms with van der Waals surface area (Å²) >= 11 is 0. The Hall–Kier alpha value is -4.52. The molecule has 0 aromatic heterocycles. The second-order valence-corrected chi connectivity index (χ2v) is 10.1. The molecule has 0 radical (unpaired) electrons. The average Bonchev–Trinajstić information content (AvgIpc) is 2.88.